The van der Waals surface area contributed by atoms with Gasteiger partial charge in [0.1, 0.15) is 0 Å². The number of anilines is 1. The Hall–Kier alpha value is -0.760. The summed E-state index contributed by atoms with van der Waals surface area (Å²) in [7, 11) is 0. The monoisotopic (exact) mass is 236 g/mol. The minimum atomic E-state index is 0.385. The van der Waals surface area contributed by atoms with Crippen molar-refractivity contribution in [1.29, 1.82) is 0 Å². The second-order valence-electron chi connectivity index (χ2n) is 5.02. The van der Waals surface area contributed by atoms with Gasteiger partial charge in [0.2, 0.25) is 0 Å². The van der Waals surface area contributed by atoms with E-state index in [9.17, 15) is 0 Å². The van der Waals surface area contributed by atoms with E-state index in [-0.39, 0.29) is 0 Å². The van der Waals surface area contributed by atoms with Crippen molar-refractivity contribution in [3.8, 4) is 0 Å². The summed E-state index contributed by atoms with van der Waals surface area (Å²) in [6, 6.07) is 3.46. The van der Waals surface area contributed by atoms with E-state index in [1.54, 1.807) is 0 Å². The number of hydrogen-bond acceptors (Lipinski definition) is 2. The van der Waals surface area contributed by atoms with Gasteiger partial charge in [-0.2, -0.15) is 0 Å². The molecule has 2 saturated heterocycles. The Labute approximate surface area is 102 Å². The number of pyridine rings is 1. The predicted molar refractivity (Wildman–Crippen MR) is 67.1 cm³/mol. The molecule has 0 N–H and O–H groups in total. The number of fused-ring (bicyclic) bond motifs is 2. The van der Waals surface area contributed by atoms with Crippen molar-refractivity contribution in [2.45, 2.75) is 50.1 Å². The van der Waals surface area contributed by atoms with Crippen molar-refractivity contribution in [2.24, 2.45) is 0 Å². The van der Waals surface area contributed by atoms with Crippen LogP contribution in [0, 0.1) is 6.92 Å². The van der Waals surface area contributed by atoms with E-state index in [1.807, 2.05) is 12.4 Å². The summed E-state index contributed by atoms with van der Waals surface area (Å²) in [6.45, 7) is 2.15. The molecule has 3 heteroatoms. The first-order valence-corrected chi connectivity index (χ1v) is 6.52. The summed E-state index contributed by atoms with van der Waals surface area (Å²) in [4.78, 5) is 6.77. The quantitative estimate of drug-likeness (QED) is 0.697. The van der Waals surface area contributed by atoms with E-state index >= 15 is 0 Å². The summed E-state index contributed by atoms with van der Waals surface area (Å²) in [6.07, 6.45) is 8.74. The van der Waals surface area contributed by atoms with Crippen LogP contribution < -0.4 is 4.90 Å². The molecule has 3 heterocycles. The topological polar surface area (TPSA) is 16.1 Å². The van der Waals surface area contributed by atoms with Gasteiger partial charge in [-0.1, -0.05) is 0 Å². The minimum absolute atomic E-state index is 0.385. The Balaban J connectivity index is 1.94. The van der Waals surface area contributed by atoms with E-state index in [4.69, 9.17) is 11.6 Å². The van der Waals surface area contributed by atoms with Crippen LogP contribution in [0.1, 0.15) is 31.2 Å². The average molecular weight is 237 g/mol. The molecule has 1 aromatic heterocycles. The van der Waals surface area contributed by atoms with Gasteiger partial charge in [-0.15, -0.1) is 11.6 Å². The van der Waals surface area contributed by atoms with Crippen LogP contribution >= 0.6 is 11.6 Å². The molecule has 0 aliphatic carbocycles. The molecule has 2 aliphatic heterocycles. The van der Waals surface area contributed by atoms with Gasteiger partial charge >= 0.3 is 0 Å². The van der Waals surface area contributed by atoms with Gasteiger partial charge in [-0.05, 0) is 44.2 Å². The molecule has 2 aliphatic rings. The van der Waals surface area contributed by atoms with Crippen molar-refractivity contribution >= 4 is 17.3 Å². The van der Waals surface area contributed by atoms with Gasteiger partial charge in [0.05, 0.1) is 0 Å². The first-order chi connectivity index (χ1) is 7.75. The average Bonchev–Trinajstić information content (AvgIpc) is 2.53. The van der Waals surface area contributed by atoms with Crippen LogP contribution in [0.25, 0.3) is 0 Å². The number of halogens is 1. The maximum atomic E-state index is 6.30. The normalized spacial score (nSPS) is 33.1. The summed E-state index contributed by atoms with van der Waals surface area (Å²) in [5, 5.41) is 0.385. The van der Waals surface area contributed by atoms with Gasteiger partial charge < -0.3 is 4.90 Å². The fraction of sp³-hybridized carbons (Fsp3) is 0.615. The Bertz CT molecular complexity index is 379. The number of rotatable bonds is 1. The maximum Gasteiger partial charge on any atom is 0.0431 e. The first kappa shape index (κ1) is 10.4. The van der Waals surface area contributed by atoms with Crippen LogP contribution in [0.2, 0.25) is 0 Å². The molecule has 2 atom stereocenters. The van der Waals surface area contributed by atoms with Crippen molar-refractivity contribution in [2.75, 3.05) is 4.90 Å². The van der Waals surface area contributed by atoms with Gasteiger partial charge in [-0.25, -0.2) is 0 Å². The van der Waals surface area contributed by atoms with Crippen molar-refractivity contribution in [3.63, 3.8) is 0 Å². The molecule has 1 aromatic rings. The first-order valence-electron chi connectivity index (χ1n) is 6.08. The molecule has 2 nitrogen and oxygen atoms in total. The molecular formula is C13H17ClN2. The molecule has 2 unspecified atom stereocenters. The third kappa shape index (κ3) is 1.60. The molecule has 0 radical (unpaired) electrons. The van der Waals surface area contributed by atoms with Crippen molar-refractivity contribution in [3.05, 3.63) is 24.0 Å². The molecule has 86 valence electrons. The molecule has 3 rings (SSSR count). The lowest BCUT2D eigenvalue weighted by molar-refractivity contribution is 0.473. The van der Waals surface area contributed by atoms with Crippen LogP contribution in [0.15, 0.2) is 18.5 Å². The van der Waals surface area contributed by atoms with Crippen LogP contribution in [0.4, 0.5) is 5.69 Å². The predicted octanol–water partition coefficient (Wildman–Crippen LogP) is 3.13. The molecule has 0 saturated carbocycles. The zero-order valence-electron chi connectivity index (χ0n) is 9.56. The van der Waals surface area contributed by atoms with Gasteiger partial charge in [0.15, 0.2) is 0 Å². The van der Waals surface area contributed by atoms with Gasteiger partial charge in [-0.3, -0.25) is 4.98 Å². The number of hydrogen-bond donors (Lipinski definition) is 0. The minimum Gasteiger partial charge on any atom is -0.365 e. The summed E-state index contributed by atoms with van der Waals surface area (Å²) in [5.41, 5.74) is 2.65. The van der Waals surface area contributed by atoms with Crippen molar-refractivity contribution in [1.82, 2.24) is 4.98 Å². The van der Waals surface area contributed by atoms with Gasteiger partial charge in [0, 0.05) is 35.5 Å². The highest BCUT2D eigenvalue weighted by molar-refractivity contribution is 6.20. The second kappa shape index (κ2) is 3.92. The molecule has 0 aromatic carbocycles. The van der Waals surface area contributed by atoms with Crippen LogP contribution in [0.3, 0.4) is 0 Å². The standard InChI is InChI=1S/C13H17ClN2/c1-9-8-15-5-4-13(9)16-11-2-3-12(16)7-10(14)6-11/h4-5,8,10-12H,2-3,6-7H2,1H3. The van der Waals surface area contributed by atoms with E-state index in [0.29, 0.717) is 17.5 Å². The lowest BCUT2D eigenvalue weighted by Gasteiger charge is -2.39. The highest BCUT2D eigenvalue weighted by Crippen LogP contribution is 2.41. The number of piperidine rings is 1. The molecular weight excluding hydrogens is 220 g/mol. The number of alkyl halides is 1. The van der Waals surface area contributed by atoms with Gasteiger partial charge in [0.25, 0.3) is 0 Å². The lowest BCUT2D eigenvalue weighted by Crippen LogP contribution is -2.43. The third-order valence-electron chi connectivity index (χ3n) is 3.94. The molecule has 0 spiro atoms. The Morgan fingerprint density at radius 1 is 1.31 bits per heavy atom. The van der Waals surface area contributed by atoms with Crippen molar-refractivity contribution < 1.29 is 0 Å². The van der Waals surface area contributed by atoms with E-state index < -0.39 is 0 Å². The van der Waals surface area contributed by atoms with Crippen LogP contribution in [-0.4, -0.2) is 22.4 Å². The Kier molecular flexibility index (Phi) is 2.55. The molecule has 16 heavy (non-hydrogen) atoms. The Morgan fingerprint density at radius 2 is 2.00 bits per heavy atom. The largest absolute Gasteiger partial charge is 0.365 e. The fourth-order valence-electron chi connectivity index (χ4n) is 3.26. The third-order valence-corrected chi connectivity index (χ3v) is 4.30. The highest BCUT2D eigenvalue weighted by Gasteiger charge is 2.40. The lowest BCUT2D eigenvalue weighted by atomic mass is 10.0. The fourth-order valence-corrected chi connectivity index (χ4v) is 3.67. The van der Waals surface area contributed by atoms with E-state index in [2.05, 4.69) is 22.9 Å². The summed E-state index contributed by atoms with van der Waals surface area (Å²) < 4.78 is 0. The zero-order valence-corrected chi connectivity index (χ0v) is 10.3. The van der Waals surface area contributed by atoms with E-state index in [0.717, 1.165) is 12.8 Å². The molecule has 2 bridgehead atoms. The number of aromatic nitrogens is 1. The van der Waals surface area contributed by atoms with E-state index in [1.165, 1.54) is 24.1 Å². The number of aryl methyl sites for hydroxylation is 1. The summed E-state index contributed by atoms with van der Waals surface area (Å²) >= 11 is 6.30. The highest BCUT2D eigenvalue weighted by atomic mass is 35.5. The smallest absolute Gasteiger partial charge is 0.0431 e. The molecule has 2 fully saturated rings. The zero-order chi connectivity index (χ0) is 11.1. The summed E-state index contributed by atoms with van der Waals surface area (Å²) in [5.74, 6) is 0. The second-order valence-corrected chi connectivity index (χ2v) is 5.64. The van der Waals surface area contributed by atoms with Crippen LogP contribution in [0.5, 0.6) is 0 Å². The number of nitrogens with zero attached hydrogens (tertiary/aromatic N) is 2. The Morgan fingerprint density at radius 3 is 2.62 bits per heavy atom. The molecule has 0 amide bonds. The van der Waals surface area contributed by atoms with Crippen LogP contribution in [-0.2, 0) is 0 Å². The maximum absolute atomic E-state index is 6.30. The SMILES string of the molecule is Cc1cnccc1N1C2CCC1CC(Cl)C2.